The molecule has 106 valence electrons. The third-order valence-electron chi connectivity index (χ3n) is 3.25. The minimum absolute atomic E-state index is 0.287. The standard InChI is InChI=1S/C15H19N3O2/c1-10(2)18-9-16-7-13(18)8-17-14-6-12(15(19)20)5-4-11(14)3/h4-7,9-10,17H,8H2,1-3H3,(H,19,20). The predicted octanol–water partition coefficient (Wildman–Crippen LogP) is 3.08. The van der Waals surface area contributed by atoms with Crippen molar-refractivity contribution >= 4 is 11.7 Å². The summed E-state index contributed by atoms with van der Waals surface area (Å²) >= 11 is 0. The molecule has 0 fully saturated rings. The number of carboxylic acid groups (broad SMARTS) is 1. The highest BCUT2D eigenvalue weighted by Crippen LogP contribution is 2.18. The van der Waals surface area contributed by atoms with Crippen molar-refractivity contribution in [2.75, 3.05) is 5.32 Å². The second kappa shape index (κ2) is 5.77. The van der Waals surface area contributed by atoms with Gasteiger partial charge < -0.3 is 15.0 Å². The number of hydrogen-bond donors (Lipinski definition) is 2. The molecular formula is C15H19N3O2. The second-order valence-electron chi connectivity index (χ2n) is 5.07. The van der Waals surface area contributed by atoms with E-state index in [1.165, 1.54) is 0 Å². The number of imidazole rings is 1. The molecule has 0 bridgehead atoms. The molecule has 20 heavy (non-hydrogen) atoms. The summed E-state index contributed by atoms with van der Waals surface area (Å²) in [7, 11) is 0. The summed E-state index contributed by atoms with van der Waals surface area (Å²) in [6.07, 6.45) is 3.63. The average molecular weight is 273 g/mol. The van der Waals surface area contributed by atoms with E-state index < -0.39 is 5.97 Å². The van der Waals surface area contributed by atoms with E-state index in [2.05, 4.69) is 28.7 Å². The van der Waals surface area contributed by atoms with Crippen LogP contribution in [0.1, 0.15) is 41.5 Å². The van der Waals surface area contributed by atoms with Crippen LogP contribution in [0.2, 0.25) is 0 Å². The summed E-state index contributed by atoms with van der Waals surface area (Å²) < 4.78 is 2.09. The summed E-state index contributed by atoms with van der Waals surface area (Å²) in [4.78, 5) is 15.2. The molecule has 0 aliphatic heterocycles. The molecule has 1 aromatic heterocycles. The van der Waals surface area contributed by atoms with Gasteiger partial charge >= 0.3 is 5.97 Å². The number of hydrogen-bond acceptors (Lipinski definition) is 3. The van der Waals surface area contributed by atoms with Crippen LogP contribution < -0.4 is 5.32 Å². The lowest BCUT2D eigenvalue weighted by atomic mass is 10.1. The molecule has 1 aromatic carbocycles. The minimum atomic E-state index is -0.916. The van der Waals surface area contributed by atoms with E-state index in [4.69, 9.17) is 5.11 Å². The Bertz CT molecular complexity index is 617. The Kier molecular flexibility index (Phi) is 4.08. The lowest BCUT2D eigenvalue weighted by molar-refractivity contribution is 0.0697. The fourth-order valence-electron chi connectivity index (χ4n) is 2.07. The molecule has 0 radical (unpaired) electrons. The SMILES string of the molecule is Cc1ccc(C(=O)O)cc1NCc1cncn1C(C)C. The summed E-state index contributed by atoms with van der Waals surface area (Å²) in [6, 6.07) is 5.43. The Morgan fingerprint density at radius 1 is 1.45 bits per heavy atom. The number of aromatic nitrogens is 2. The molecule has 2 N–H and O–H groups in total. The van der Waals surface area contributed by atoms with Crippen LogP contribution >= 0.6 is 0 Å². The number of carbonyl (C=O) groups is 1. The molecule has 0 saturated heterocycles. The van der Waals surface area contributed by atoms with Gasteiger partial charge in [-0.25, -0.2) is 9.78 Å². The molecule has 0 aliphatic rings. The summed E-state index contributed by atoms with van der Waals surface area (Å²) in [5.41, 5.74) is 3.21. The van der Waals surface area contributed by atoms with Gasteiger partial charge in [0.25, 0.3) is 0 Å². The summed E-state index contributed by atoms with van der Waals surface area (Å²) in [5.74, 6) is -0.916. The van der Waals surface area contributed by atoms with E-state index in [-0.39, 0.29) is 5.56 Å². The van der Waals surface area contributed by atoms with E-state index >= 15 is 0 Å². The van der Waals surface area contributed by atoms with Gasteiger partial charge in [0.15, 0.2) is 0 Å². The highest BCUT2D eigenvalue weighted by Gasteiger charge is 2.08. The number of nitrogens with one attached hydrogen (secondary N) is 1. The van der Waals surface area contributed by atoms with E-state index in [0.717, 1.165) is 16.9 Å². The van der Waals surface area contributed by atoms with Crippen LogP contribution in [-0.2, 0) is 6.54 Å². The van der Waals surface area contributed by atoms with Gasteiger partial charge in [-0.05, 0) is 38.5 Å². The van der Waals surface area contributed by atoms with Crippen molar-refractivity contribution in [3.63, 3.8) is 0 Å². The molecule has 0 spiro atoms. The molecule has 2 rings (SSSR count). The Labute approximate surface area is 118 Å². The van der Waals surface area contributed by atoms with E-state index in [1.807, 2.05) is 25.5 Å². The number of aromatic carboxylic acids is 1. The quantitative estimate of drug-likeness (QED) is 0.878. The van der Waals surface area contributed by atoms with Gasteiger partial charge in [0, 0.05) is 17.9 Å². The zero-order valence-corrected chi connectivity index (χ0v) is 11.9. The van der Waals surface area contributed by atoms with Gasteiger partial charge in [0.1, 0.15) is 0 Å². The number of anilines is 1. The minimum Gasteiger partial charge on any atom is -0.478 e. The van der Waals surface area contributed by atoms with Crippen molar-refractivity contribution in [2.45, 2.75) is 33.4 Å². The Balaban J connectivity index is 2.16. The van der Waals surface area contributed by atoms with Crippen molar-refractivity contribution in [2.24, 2.45) is 0 Å². The molecule has 2 aromatic rings. The smallest absolute Gasteiger partial charge is 0.335 e. The number of aryl methyl sites for hydroxylation is 1. The Hall–Kier alpha value is -2.30. The average Bonchev–Trinajstić information content (AvgIpc) is 2.86. The lowest BCUT2D eigenvalue weighted by Gasteiger charge is -2.14. The maximum Gasteiger partial charge on any atom is 0.335 e. The first-order valence-corrected chi connectivity index (χ1v) is 6.57. The van der Waals surface area contributed by atoms with Crippen LogP contribution in [0.25, 0.3) is 0 Å². The van der Waals surface area contributed by atoms with Crippen LogP contribution in [0.15, 0.2) is 30.7 Å². The van der Waals surface area contributed by atoms with Crippen molar-refractivity contribution in [1.82, 2.24) is 9.55 Å². The van der Waals surface area contributed by atoms with Gasteiger partial charge in [0.05, 0.1) is 24.1 Å². The highest BCUT2D eigenvalue weighted by molar-refractivity contribution is 5.89. The van der Waals surface area contributed by atoms with Gasteiger partial charge in [-0.15, -0.1) is 0 Å². The molecule has 5 nitrogen and oxygen atoms in total. The van der Waals surface area contributed by atoms with Crippen LogP contribution in [0.3, 0.4) is 0 Å². The molecular weight excluding hydrogens is 254 g/mol. The molecule has 1 heterocycles. The third-order valence-corrected chi connectivity index (χ3v) is 3.25. The zero-order valence-electron chi connectivity index (χ0n) is 11.9. The van der Waals surface area contributed by atoms with Crippen LogP contribution in [0.4, 0.5) is 5.69 Å². The first kappa shape index (κ1) is 14.1. The number of benzene rings is 1. The highest BCUT2D eigenvalue weighted by atomic mass is 16.4. The fraction of sp³-hybridized carbons (Fsp3) is 0.333. The maximum absolute atomic E-state index is 11.0. The molecule has 0 saturated carbocycles. The maximum atomic E-state index is 11.0. The lowest BCUT2D eigenvalue weighted by Crippen LogP contribution is -2.10. The second-order valence-corrected chi connectivity index (χ2v) is 5.07. The van der Waals surface area contributed by atoms with E-state index in [1.54, 1.807) is 12.1 Å². The van der Waals surface area contributed by atoms with Crippen molar-refractivity contribution in [1.29, 1.82) is 0 Å². The Morgan fingerprint density at radius 2 is 2.20 bits per heavy atom. The molecule has 0 atom stereocenters. The van der Waals surface area contributed by atoms with Crippen LogP contribution in [0, 0.1) is 6.92 Å². The van der Waals surface area contributed by atoms with Gasteiger partial charge in [-0.3, -0.25) is 0 Å². The van der Waals surface area contributed by atoms with Crippen LogP contribution in [-0.4, -0.2) is 20.6 Å². The monoisotopic (exact) mass is 273 g/mol. The topological polar surface area (TPSA) is 67.2 Å². The van der Waals surface area contributed by atoms with Gasteiger partial charge in [-0.1, -0.05) is 6.07 Å². The van der Waals surface area contributed by atoms with Crippen molar-refractivity contribution < 1.29 is 9.90 Å². The first-order valence-electron chi connectivity index (χ1n) is 6.57. The first-order chi connectivity index (χ1) is 9.49. The number of rotatable bonds is 5. The molecule has 5 heteroatoms. The van der Waals surface area contributed by atoms with Gasteiger partial charge in [0.2, 0.25) is 0 Å². The van der Waals surface area contributed by atoms with Crippen molar-refractivity contribution in [3.8, 4) is 0 Å². The van der Waals surface area contributed by atoms with Gasteiger partial charge in [-0.2, -0.15) is 0 Å². The molecule has 0 aliphatic carbocycles. The zero-order chi connectivity index (χ0) is 14.7. The third kappa shape index (κ3) is 2.99. The summed E-state index contributed by atoms with van der Waals surface area (Å²) in [5, 5.41) is 12.3. The molecule has 0 unspecified atom stereocenters. The largest absolute Gasteiger partial charge is 0.478 e. The summed E-state index contributed by atoms with van der Waals surface area (Å²) in [6.45, 7) is 6.76. The normalized spacial score (nSPS) is 10.8. The molecule has 0 amide bonds. The van der Waals surface area contributed by atoms with Crippen LogP contribution in [0.5, 0.6) is 0 Å². The predicted molar refractivity (Wildman–Crippen MR) is 78.1 cm³/mol. The van der Waals surface area contributed by atoms with E-state index in [9.17, 15) is 4.79 Å². The number of carboxylic acids is 1. The number of nitrogens with zero attached hydrogens (tertiary/aromatic N) is 2. The van der Waals surface area contributed by atoms with E-state index in [0.29, 0.717) is 12.6 Å². The van der Waals surface area contributed by atoms with Crippen molar-refractivity contribution in [3.05, 3.63) is 47.5 Å². The fourth-order valence-corrected chi connectivity index (χ4v) is 2.07. The Morgan fingerprint density at radius 3 is 2.85 bits per heavy atom.